The van der Waals surface area contributed by atoms with Crippen LogP contribution in [-0.2, 0) is 24.4 Å². The lowest BCUT2D eigenvalue weighted by Crippen LogP contribution is -2.00. The Bertz CT molecular complexity index is 609. The van der Waals surface area contributed by atoms with Gasteiger partial charge in [0.25, 0.3) is 0 Å². The Kier molecular flexibility index (Phi) is 7.61. The zero-order chi connectivity index (χ0) is 16.8. The van der Waals surface area contributed by atoms with Crippen molar-refractivity contribution in [2.24, 2.45) is 0 Å². The standard InChI is InChI=1S/C11H15BrO8P2/c12-11-3-1-9(2-4-11)7-10(8-13)5-6-19-22(17,18)20-21(14,15)16/h1-5,13H,6-8H2,(H,17,18)(H2,14,15,16)/b10-5+. The Balaban J connectivity index is 2.60. The summed E-state index contributed by atoms with van der Waals surface area (Å²) in [5.41, 5.74) is 1.42. The third kappa shape index (κ3) is 8.33. The average Bonchev–Trinajstić information content (AvgIpc) is 2.37. The molecule has 22 heavy (non-hydrogen) atoms. The average molecular weight is 417 g/mol. The van der Waals surface area contributed by atoms with Crippen molar-refractivity contribution in [3.05, 3.63) is 46.0 Å². The maximum atomic E-state index is 11.2. The first-order valence-electron chi connectivity index (χ1n) is 5.89. The van der Waals surface area contributed by atoms with E-state index in [4.69, 9.17) is 14.7 Å². The number of rotatable bonds is 8. The number of hydrogen-bond acceptors (Lipinski definition) is 5. The van der Waals surface area contributed by atoms with Crippen LogP contribution in [0.2, 0.25) is 0 Å². The fraction of sp³-hybridized carbons (Fsp3) is 0.273. The largest absolute Gasteiger partial charge is 0.481 e. The van der Waals surface area contributed by atoms with Gasteiger partial charge in [-0.15, -0.1) is 0 Å². The first-order chi connectivity index (χ1) is 10.1. The third-order valence-electron chi connectivity index (χ3n) is 2.37. The molecule has 0 aromatic heterocycles. The van der Waals surface area contributed by atoms with Gasteiger partial charge in [-0.05, 0) is 29.7 Å². The first-order valence-corrected chi connectivity index (χ1v) is 9.70. The molecule has 1 aromatic rings. The molecule has 0 spiro atoms. The van der Waals surface area contributed by atoms with Crippen LogP contribution in [0.1, 0.15) is 5.56 Å². The van der Waals surface area contributed by atoms with Crippen LogP contribution in [0, 0.1) is 0 Å². The van der Waals surface area contributed by atoms with Crippen LogP contribution in [0.4, 0.5) is 0 Å². The fourth-order valence-electron chi connectivity index (χ4n) is 1.46. The lowest BCUT2D eigenvalue weighted by Gasteiger charge is -2.11. The van der Waals surface area contributed by atoms with Gasteiger partial charge in [-0.25, -0.2) is 9.13 Å². The summed E-state index contributed by atoms with van der Waals surface area (Å²) in [6.45, 7) is -0.741. The second kappa shape index (κ2) is 8.49. The topological polar surface area (TPSA) is 134 Å². The minimum Gasteiger partial charge on any atom is -0.392 e. The van der Waals surface area contributed by atoms with Crippen molar-refractivity contribution in [2.45, 2.75) is 6.42 Å². The summed E-state index contributed by atoms with van der Waals surface area (Å²) in [6.07, 6.45) is 1.73. The number of hydrogen-bond donors (Lipinski definition) is 4. The number of benzene rings is 1. The van der Waals surface area contributed by atoms with E-state index in [2.05, 4.69) is 24.8 Å². The van der Waals surface area contributed by atoms with Crippen molar-refractivity contribution in [2.75, 3.05) is 13.2 Å². The van der Waals surface area contributed by atoms with Gasteiger partial charge in [0.2, 0.25) is 0 Å². The number of phosphoric ester groups is 1. The molecule has 1 atom stereocenters. The number of aliphatic hydroxyl groups excluding tert-OH is 1. The molecule has 1 unspecified atom stereocenters. The van der Waals surface area contributed by atoms with E-state index >= 15 is 0 Å². The Morgan fingerprint density at radius 2 is 1.77 bits per heavy atom. The van der Waals surface area contributed by atoms with Crippen LogP contribution in [0.5, 0.6) is 0 Å². The van der Waals surface area contributed by atoms with Crippen LogP contribution < -0.4 is 0 Å². The number of halogens is 1. The van der Waals surface area contributed by atoms with Gasteiger partial charge in [0, 0.05) is 4.47 Å². The van der Waals surface area contributed by atoms with Gasteiger partial charge in [-0.2, -0.15) is 4.31 Å². The van der Waals surface area contributed by atoms with Crippen molar-refractivity contribution < 1.29 is 37.8 Å². The first kappa shape index (κ1) is 19.7. The van der Waals surface area contributed by atoms with Gasteiger partial charge in [0.1, 0.15) is 0 Å². The zero-order valence-electron chi connectivity index (χ0n) is 11.2. The molecule has 1 aromatic carbocycles. The molecule has 8 nitrogen and oxygen atoms in total. The highest BCUT2D eigenvalue weighted by atomic mass is 79.9. The summed E-state index contributed by atoms with van der Waals surface area (Å²) < 4.78 is 30.6. The molecule has 0 aliphatic heterocycles. The number of aliphatic hydroxyl groups is 1. The van der Waals surface area contributed by atoms with Gasteiger partial charge in [-0.3, -0.25) is 4.52 Å². The molecule has 0 fully saturated rings. The van der Waals surface area contributed by atoms with Crippen molar-refractivity contribution in [3.63, 3.8) is 0 Å². The fourth-order valence-corrected chi connectivity index (χ4v) is 3.26. The van der Waals surface area contributed by atoms with E-state index < -0.39 is 22.3 Å². The molecule has 0 amide bonds. The highest BCUT2D eigenvalue weighted by Crippen LogP contribution is 2.57. The summed E-state index contributed by atoms with van der Waals surface area (Å²) in [5.74, 6) is 0. The van der Waals surface area contributed by atoms with E-state index in [9.17, 15) is 14.2 Å². The van der Waals surface area contributed by atoms with Gasteiger partial charge in [-0.1, -0.05) is 34.1 Å². The van der Waals surface area contributed by atoms with Gasteiger partial charge in [0.05, 0.1) is 13.2 Å². The molecule has 0 aliphatic carbocycles. The molecular weight excluding hydrogens is 402 g/mol. The van der Waals surface area contributed by atoms with E-state index in [1.54, 1.807) is 0 Å². The summed E-state index contributed by atoms with van der Waals surface area (Å²) in [5, 5.41) is 9.24. The smallest absolute Gasteiger partial charge is 0.392 e. The van der Waals surface area contributed by atoms with Crippen molar-refractivity contribution in [3.8, 4) is 0 Å². The van der Waals surface area contributed by atoms with Crippen molar-refractivity contribution in [1.29, 1.82) is 0 Å². The van der Waals surface area contributed by atoms with E-state index in [1.807, 2.05) is 24.3 Å². The normalized spacial score (nSPS) is 15.6. The van der Waals surface area contributed by atoms with E-state index in [0.29, 0.717) is 12.0 Å². The molecule has 124 valence electrons. The monoisotopic (exact) mass is 416 g/mol. The SMILES string of the molecule is O=P(O)(O)OP(=O)(O)OC/C=C(/CO)Cc1ccc(Br)cc1. The minimum absolute atomic E-state index is 0.297. The summed E-state index contributed by atoms with van der Waals surface area (Å²) >= 11 is 3.30. The molecule has 0 saturated heterocycles. The minimum atomic E-state index is -5.13. The van der Waals surface area contributed by atoms with Gasteiger partial charge in [0.15, 0.2) is 0 Å². The van der Waals surface area contributed by atoms with Crippen LogP contribution in [0.15, 0.2) is 40.4 Å². The lowest BCUT2D eigenvalue weighted by molar-refractivity contribution is 0.190. The molecule has 0 radical (unpaired) electrons. The van der Waals surface area contributed by atoms with Crippen molar-refractivity contribution in [1.82, 2.24) is 0 Å². The van der Waals surface area contributed by atoms with E-state index in [0.717, 1.165) is 10.0 Å². The highest BCUT2D eigenvalue weighted by molar-refractivity contribution is 9.10. The molecular formula is C11H15BrO8P2. The summed E-state index contributed by atoms with van der Waals surface area (Å²) in [7, 11) is -10.00. The third-order valence-corrected chi connectivity index (χ3v) is 5.05. The molecule has 4 N–H and O–H groups in total. The van der Waals surface area contributed by atoms with E-state index in [-0.39, 0.29) is 6.61 Å². The molecule has 1 rings (SSSR count). The Hall–Kier alpha value is -0.340. The van der Waals surface area contributed by atoms with Crippen LogP contribution in [-0.4, -0.2) is 33.0 Å². The lowest BCUT2D eigenvalue weighted by atomic mass is 10.1. The predicted molar refractivity (Wildman–Crippen MR) is 81.9 cm³/mol. The summed E-state index contributed by atoms with van der Waals surface area (Å²) in [6, 6.07) is 7.33. The van der Waals surface area contributed by atoms with Crippen molar-refractivity contribution >= 4 is 31.6 Å². The Labute approximate surface area is 135 Å². The second-order valence-electron chi connectivity index (χ2n) is 4.16. The maximum absolute atomic E-state index is 11.2. The van der Waals surface area contributed by atoms with Crippen LogP contribution in [0.3, 0.4) is 0 Å². The molecule has 0 aliphatic rings. The Morgan fingerprint density at radius 1 is 1.18 bits per heavy atom. The summed E-state index contributed by atoms with van der Waals surface area (Å²) in [4.78, 5) is 26.0. The van der Waals surface area contributed by atoms with Crippen LogP contribution in [0.25, 0.3) is 0 Å². The molecule has 0 heterocycles. The predicted octanol–water partition coefficient (Wildman–Crippen LogP) is 2.14. The van der Waals surface area contributed by atoms with E-state index in [1.165, 1.54) is 6.08 Å². The van der Waals surface area contributed by atoms with Gasteiger partial charge < -0.3 is 19.8 Å². The quantitative estimate of drug-likeness (QED) is 0.374. The van der Waals surface area contributed by atoms with Crippen LogP contribution >= 0.6 is 31.6 Å². The number of phosphoric acid groups is 2. The molecule has 0 saturated carbocycles. The molecule has 11 heteroatoms. The highest BCUT2D eigenvalue weighted by Gasteiger charge is 2.31. The molecule has 0 bridgehead atoms. The second-order valence-corrected chi connectivity index (χ2v) is 7.91. The zero-order valence-corrected chi connectivity index (χ0v) is 14.6. The van der Waals surface area contributed by atoms with Gasteiger partial charge >= 0.3 is 15.6 Å². The maximum Gasteiger partial charge on any atom is 0.481 e. The Morgan fingerprint density at radius 3 is 2.27 bits per heavy atom.